The summed E-state index contributed by atoms with van der Waals surface area (Å²) in [5.41, 5.74) is 13.6. The summed E-state index contributed by atoms with van der Waals surface area (Å²) in [6.07, 6.45) is 15.5. The highest BCUT2D eigenvalue weighted by atomic mass is 16.5. The van der Waals surface area contributed by atoms with Crippen molar-refractivity contribution in [3.8, 4) is 5.75 Å². The lowest BCUT2D eigenvalue weighted by Crippen LogP contribution is -2.33. The van der Waals surface area contributed by atoms with Gasteiger partial charge < -0.3 is 21.5 Å². The maximum Gasteiger partial charge on any atom is 0.265 e. The van der Waals surface area contributed by atoms with Crippen molar-refractivity contribution in [1.29, 1.82) is 0 Å². The number of anilines is 3. The Morgan fingerprint density at radius 2 is 1.33 bits per heavy atom. The fourth-order valence-electron chi connectivity index (χ4n) is 3.95. The van der Waals surface area contributed by atoms with E-state index in [2.05, 4.69) is 12.2 Å². The number of nitrogens with one attached hydrogen (secondary N) is 1. The van der Waals surface area contributed by atoms with Gasteiger partial charge in [-0.3, -0.25) is 4.79 Å². The molecule has 1 unspecified atom stereocenters. The van der Waals surface area contributed by atoms with Crippen molar-refractivity contribution in [2.45, 2.75) is 96.5 Å². The van der Waals surface area contributed by atoms with Crippen LogP contribution in [0.25, 0.3) is 0 Å². The molecule has 5 heteroatoms. The minimum Gasteiger partial charge on any atom is -0.481 e. The molecule has 5 nitrogen and oxygen atoms in total. The normalized spacial score (nSPS) is 11.8. The number of rotatable bonds is 17. The number of nitrogens with two attached hydrogens (primary N) is 2. The lowest BCUT2D eigenvalue weighted by atomic mass is 10.0. The standard InChI is InChI=1S/C28H43N3O2/c1-2-3-4-5-6-7-8-9-10-11-12-13-18-27(33-24-21-19-23(29)20-22-24)28(32)31-26-17-15-14-16-25(26)30/h14-17,19-22,27H,2-13,18,29-30H2,1H3,(H,31,32). The van der Waals surface area contributed by atoms with Gasteiger partial charge in [0.25, 0.3) is 5.91 Å². The van der Waals surface area contributed by atoms with Gasteiger partial charge in [0.05, 0.1) is 11.4 Å². The Labute approximate surface area is 200 Å². The summed E-state index contributed by atoms with van der Waals surface area (Å²) < 4.78 is 6.03. The van der Waals surface area contributed by atoms with Crippen LogP contribution in [-0.4, -0.2) is 12.0 Å². The molecule has 182 valence electrons. The number of nitrogen functional groups attached to an aromatic ring is 2. The summed E-state index contributed by atoms with van der Waals surface area (Å²) in [6, 6.07) is 14.4. The fraction of sp³-hybridized carbons (Fsp3) is 0.536. The quantitative estimate of drug-likeness (QED) is 0.173. The predicted molar refractivity (Wildman–Crippen MR) is 140 cm³/mol. The Morgan fingerprint density at radius 1 is 0.788 bits per heavy atom. The summed E-state index contributed by atoms with van der Waals surface area (Å²) in [6.45, 7) is 2.26. The third kappa shape index (κ3) is 11.1. The van der Waals surface area contributed by atoms with E-state index >= 15 is 0 Å². The molecule has 1 atom stereocenters. The Morgan fingerprint density at radius 3 is 1.91 bits per heavy atom. The van der Waals surface area contributed by atoms with Gasteiger partial charge in [0, 0.05) is 5.69 Å². The summed E-state index contributed by atoms with van der Waals surface area (Å²) >= 11 is 0. The molecule has 0 fully saturated rings. The Balaban J connectivity index is 1.73. The summed E-state index contributed by atoms with van der Waals surface area (Å²) in [7, 11) is 0. The van der Waals surface area contributed by atoms with Crippen molar-refractivity contribution in [2.75, 3.05) is 16.8 Å². The van der Waals surface area contributed by atoms with E-state index in [1.807, 2.05) is 12.1 Å². The lowest BCUT2D eigenvalue weighted by Gasteiger charge is -2.19. The fourth-order valence-corrected chi connectivity index (χ4v) is 3.95. The monoisotopic (exact) mass is 453 g/mol. The Kier molecular flexibility index (Phi) is 12.9. The lowest BCUT2D eigenvalue weighted by molar-refractivity contribution is -0.123. The van der Waals surface area contributed by atoms with E-state index in [9.17, 15) is 4.79 Å². The second-order valence-corrected chi connectivity index (χ2v) is 8.93. The first-order valence-corrected chi connectivity index (χ1v) is 12.8. The number of amides is 1. The van der Waals surface area contributed by atoms with Crippen molar-refractivity contribution < 1.29 is 9.53 Å². The molecule has 2 aromatic rings. The van der Waals surface area contributed by atoms with Gasteiger partial charge in [-0.15, -0.1) is 0 Å². The summed E-state index contributed by atoms with van der Waals surface area (Å²) in [5, 5.41) is 2.92. The number of unbranched alkanes of at least 4 members (excludes halogenated alkanes) is 11. The van der Waals surface area contributed by atoms with Crippen LogP contribution < -0.4 is 21.5 Å². The van der Waals surface area contributed by atoms with Crippen LogP contribution in [0.5, 0.6) is 5.75 Å². The van der Waals surface area contributed by atoms with Gasteiger partial charge in [0.1, 0.15) is 5.75 Å². The van der Waals surface area contributed by atoms with Gasteiger partial charge in [-0.2, -0.15) is 0 Å². The largest absolute Gasteiger partial charge is 0.481 e. The summed E-state index contributed by atoms with van der Waals surface area (Å²) in [5.74, 6) is 0.470. The third-order valence-corrected chi connectivity index (χ3v) is 5.99. The Bertz CT molecular complexity index is 792. The first-order chi connectivity index (χ1) is 16.1. The minimum absolute atomic E-state index is 0.173. The van der Waals surface area contributed by atoms with Crippen LogP contribution in [-0.2, 0) is 4.79 Å². The van der Waals surface area contributed by atoms with Crippen molar-refractivity contribution in [1.82, 2.24) is 0 Å². The Hall–Kier alpha value is -2.69. The summed E-state index contributed by atoms with van der Waals surface area (Å²) in [4.78, 5) is 13.0. The SMILES string of the molecule is CCCCCCCCCCCCCCC(Oc1ccc(N)cc1)C(=O)Nc1ccccc1N. The van der Waals surface area contributed by atoms with E-state index in [-0.39, 0.29) is 5.91 Å². The highest BCUT2D eigenvalue weighted by Gasteiger charge is 2.21. The highest BCUT2D eigenvalue weighted by Crippen LogP contribution is 2.21. The second-order valence-electron chi connectivity index (χ2n) is 8.93. The number of carbonyl (C=O) groups is 1. The number of benzene rings is 2. The van der Waals surface area contributed by atoms with Crippen LogP contribution in [0.3, 0.4) is 0 Å². The topological polar surface area (TPSA) is 90.4 Å². The van der Waals surface area contributed by atoms with E-state index < -0.39 is 6.10 Å². The zero-order chi connectivity index (χ0) is 23.7. The number of hydrogen-bond acceptors (Lipinski definition) is 4. The van der Waals surface area contributed by atoms with Gasteiger partial charge in [-0.25, -0.2) is 0 Å². The molecule has 0 aliphatic rings. The van der Waals surface area contributed by atoms with Gasteiger partial charge in [-0.1, -0.05) is 89.7 Å². The molecule has 0 aromatic heterocycles. The van der Waals surface area contributed by atoms with Crippen LogP contribution >= 0.6 is 0 Å². The zero-order valence-electron chi connectivity index (χ0n) is 20.4. The molecule has 0 heterocycles. The van der Waals surface area contributed by atoms with Gasteiger partial charge >= 0.3 is 0 Å². The third-order valence-electron chi connectivity index (χ3n) is 5.99. The van der Waals surface area contributed by atoms with E-state index in [0.717, 1.165) is 12.8 Å². The van der Waals surface area contributed by atoms with Crippen LogP contribution in [0.4, 0.5) is 17.1 Å². The first-order valence-electron chi connectivity index (χ1n) is 12.8. The van der Waals surface area contributed by atoms with Crippen molar-refractivity contribution in [3.05, 3.63) is 48.5 Å². The number of carbonyl (C=O) groups excluding carboxylic acids is 1. The average molecular weight is 454 g/mol. The molecule has 2 rings (SSSR count). The first kappa shape index (κ1) is 26.6. The number of hydrogen-bond donors (Lipinski definition) is 3. The molecule has 0 aliphatic carbocycles. The van der Waals surface area contributed by atoms with Crippen LogP contribution in [0.2, 0.25) is 0 Å². The zero-order valence-corrected chi connectivity index (χ0v) is 20.4. The average Bonchev–Trinajstić information content (AvgIpc) is 2.81. The number of para-hydroxylation sites is 2. The van der Waals surface area contributed by atoms with Crippen molar-refractivity contribution >= 4 is 23.0 Å². The molecule has 0 aliphatic heterocycles. The molecule has 33 heavy (non-hydrogen) atoms. The van der Waals surface area contributed by atoms with Crippen molar-refractivity contribution in [2.24, 2.45) is 0 Å². The molecule has 0 bridgehead atoms. The van der Waals surface area contributed by atoms with Crippen LogP contribution in [0.1, 0.15) is 90.4 Å². The van der Waals surface area contributed by atoms with E-state index in [0.29, 0.717) is 29.2 Å². The van der Waals surface area contributed by atoms with E-state index in [1.54, 1.807) is 36.4 Å². The molecule has 0 spiro atoms. The minimum atomic E-state index is -0.573. The molecule has 0 saturated heterocycles. The smallest absolute Gasteiger partial charge is 0.265 e. The molecular formula is C28H43N3O2. The van der Waals surface area contributed by atoms with Gasteiger partial charge in [-0.05, 0) is 49.2 Å². The number of ether oxygens (including phenoxy) is 1. The van der Waals surface area contributed by atoms with E-state index in [1.165, 1.54) is 64.2 Å². The molecule has 5 N–H and O–H groups in total. The maximum atomic E-state index is 13.0. The maximum absolute atomic E-state index is 13.0. The molecule has 0 radical (unpaired) electrons. The van der Waals surface area contributed by atoms with Gasteiger partial charge in [0.15, 0.2) is 6.10 Å². The molecule has 0 saturated carbocycles. The van der Waals surface area contributed by atoms with E-state index in [4.69, 9.17) is 16.2 Å². The van der Waals surface area contributed by atoms with Gasteiger partial charge in [0.2, 0.25) is 0 Å². The predicted octanol–water partition coefficient (Wildman–Crippen LogP) is 7.33. The molecule has 2 aromatic carbocycles. The van der Waals surface area contributed by atoms with Crippen LogP contribution in [0, 0.1) is 0 Å². The van der Waals surface area contributed by atoms with Crippen LogP contribution in [0.15, 0.2) is 48.5 Å². The van der Waals surface area contributed by atoms with Crippen molar-refractivity contribution in [3.63, 3.8) is 0 Å². The molecule has 1 amide bonds. The second kappa shape index (κ2) is 16.0. The molecular weight excluding hydrogens is 410 g/mol. The highest BCUT2D eigenvalue weighted by molar-refractivity contribution is 5.96.